The number of rotatable bonds is 9. The Kier molecular flexibility index (Phi) is 9.18. The minimum atomic E-state index is 0.839. The maximum Gasteiger partial charge on any atom is 0.000651 e. The van der Waals surface area contributed by atoms with Gasteiger partial charge in [0.25, 0.3) is 0 Å². The van der Waals surface area contributed by atoms with Crippen LogP contribution in [0, 0.1) is 11.8 Å². The van der Waals surface area contributed by atoms with E-state index in [1.165, 1.54) is 45.2 Å². The molecule has 92 valence electrons. The van der Waals surface area contributed by atoms with Crippen LogP contribution in [0.3, 0.4) is 0 Å². The van der Waals surface area contributed by atoms with Crippen LogP contribution in [0.5, 0.6) is 0 Å². The minimum Gasteiger partial charge on any atom is -0.306 e. The molecule has 0 spiro atoms. The number of unbranched alkanes of at least 4 members (excludes halogenated alkanes) is 3. The summed E-state index contributed by atoms with van der Waals surface area (Å²) in [5.74, 6) is 1.70. The van der Waals surface area contributed by atoms with E-state index in [1.807, 2.05) is 0 Å². The molecule has 15 heavy (non-hydrogen) atoms. The summed E-state index contributed by atoms with van der Waals surface area (Å²) < 4.78 is 0. The van der Waals surface area contributed by atoms with Gasteiger partial charge in [0.1, 0.15) is 0 Å². The van der Waals surface area contributed by atoms with Gasteiger partial charge in [0.2, 0.25) is 0 Å². The highest BCUT2D eigenvalue weighted by molar-refractivity contribution is 4.64. The molecule has 0 fully saturated rings. The Bertz CT molecular complexity index is 133. The normalized spacial score (nSPS) is 15.6. The zero-order valence-electron chi connectivity index (χ0n) is 11.6. The average molecular weight is 213 g/mol. The summed E-state index contributed by atoms with van der Waals surface area (Å²) in [5, 5.41) is 0. The largest absolute Gasteiger partial charge is 0.306 e. The van der Waals surface area contributed by atoms with Gasteiger partial charge in [0.05, 0.1) is 0 Å². The lowest BCUT2D eigenvalue weighted by Crippen LogP contribution is -2.28. The van der Waals surface area contributed by atoms with E-state index in [4.69, 9.17) is 0 Å². The Morgan fingerprint density at radius 3 is 2.13 bits per heavy atom. The van der Waals surface area contributed by atoms with Crippen molar-refractivity contribution in [2.75, 3.05) is 20.1 Å². The monoisotopic (exact) mass is 213 g/mol. The average Bonchev–Trinajstić information content (AvgIpc) is 2.23. The molecular weight excluding hydrogens is 182 g/mol. The Hall–Kier alpha value is -0.0400. The van der Waals surface area contributed by atoms with Gasteiger partial charge >= 0.3 is 0 Å². The Morgan fingerprint density at radius 1 is 0.933 bits per heavy atom. The van der Waals surface area contributed by atoms with Gasteiger partial charge in [-0.3, -0.25) is 0 Å². The fraction of sp³-hybridized carbons (Fsp3) is 1.00. The standard InChI is InChI=1S/C14H31N/c1-6-8-9-10-11-15(5)12-14(4)13(3)7-2/h13-14H,6-12H2,1-5H3/t13?,14-/m1/s1. The van der Waals surface area contributed by atoms with Gasteiger partial charge < -0.3 is 4.90 Å². The first kappa shape index (κ1) is 15.0. The predicted molar refractivity (Wildman–Crippen MR) is 70.3 cm³/mol. The van der Waals surface area contributed by atoms with Gasteiger partial charge in [-0.2, -0.15) is 0 Å². The fourth-order valence-corrected chi connectivity index (χ4v) is 1.97. The molecule has 2 atom stereocenters. The van der Waals surface area contributed by atoms with Crippen molar-refractivity contribution in [1.82, 2.24) is 4.90 Å². The molecular formula is C14H31N. The molecule has 0 heterocycles. The van der Waals surface area contributed by atoms with Crippen LogP contribution in [-0.2, 0) is 0 Å². The SMILES string of the molecule is CCCCCCN(C)C[C@@H](C)C(C)CC. The van der Waals surface area contributed by atoms with E-state index >= 15 is 0 Å². The topological polar surface area (TPSA) is 3.24 Å². The van der Waals surface area contributed by atoms with Crippen LogP contribution < -0.4 is 0 Å². The van der Waals surface area contributed by atoms with Crippen molar-refractivity contribution in [2.24, 2.45) is 11.8 Å². The lowest BCUT2D eigenvalue weighted by atomic mass is 9.93. The van der Waals surface area contributed by atoms with Crippen molar-refractivity contribution in [1.29, 1.82) is 0 Å². The van der Waals surface area contributed by atoms with Crippen molar-refractivity contribution >= 4 is 0 Å². The molecule has 0 saturated carbocycles. The second-order valence-corrected chi connectivity index (χ2v) is 5.19. The zero-order chi connectivity index (χ0) is 11.7. The lowest BCUT2D eigenvalue weighted by Gasteiger charge is -2.25. The molecule has 0 saturated heterocycles. The van der Waals surface area contributed by atoms with Crippen molar-refractivity contribution in [2.45, 2.75) is 59.8 Å². The van der Waals surface area contributed by atoms with Crippen molar-refractivity contribution in [3.63, 3.8) is 0 Å². The number of hydrogen-bond donors (Lipinski definition) is 0. The highest BCUT2D eigenvalue weighted by Gasteiger charge is 2.11. The summed E-state index contributed by atoms with van der Waals surface area (Å²) in [4.78, 5) is 2.51. The zero-order valence-corrected chi connectivity index (χ0v) is 11.6. The first-order chi connectivity index (χ1) is 7.11. The number of nitrogens with zero attached hydrogens (tertiary/aromatic N) is 1. The molecule has 0 aliphatic carbocycles. The first-order valence-electron chi connectivity index (χ1n) is 6.80. The smallest absolute Gasteiger partial charge is 0.000651 e. The molecule has 0 bridgehead atoms. The van der Waals surface area contributed by atoms with Crippen molar-refractivity contribution in [3.05, 3.63) is 0 Å². The molecule has 0 aromatic carbocycles. The van der Waals surface area contributed by atoms with E-state index < -0.39 is 0 Å². The molecule has 0 aliphatic rings. The van der Waals surface area contributed by atoms with Gasteiger partial charge in [0.15, 0.2) is 0 Å². The highest BCUT2D eigenvalue weighted by atomic mass is 15.1. The summed E-state index contributed by atoms with van der Waals surface area (Å²) in [6.07, 6.45) is 6.82. The molecule has 1 unspecified atom stereocenters. The van der Waals surface area contributed by atoms with Crippen molar-refractivity contribution < 1.29 is 0 Å². The molecule has 0 aromatic heterocycles. The third-order valence-electron chi connectivity index (χ3n) is 3.61. The second-order valence-electron chi connectivity index (χ2n) is 5.19. The lowest BCUT2D eigenvalue weighted by molar-refractivity contribution is 0.234. The van der Waals surface area contributed by atoms with E-state index in [0.717, 1.165) is 11.8 Å². The Morgan fingerprint density at radius 2 is 1.60 bits per heavy atom. The Balaban J connectivity index is 3.50. The molecule has 0 N–H and O–H groups in total. The van der Waals surface area contributed by atoms with Crippen molar-refractivity contribution in [3.8, 4) is 0 Å². The van der Waals surface area contributed by atoms with E-state index in [1.54, 1.807) is 0 Å². The minimum absolute atomic E-state index is 0.839. The van der Waals surface area contributed by atoms with Crippen LogP contribution in [0.2, 0.25) is 0 Å². The molecule has 0 amide bonds. The molecule has 0 radical (unpaired) electrons. The third-order valence-corrected chi connectivity index (χ3v) is 3.61. The van der Waals surface area contributed by atoms with E-state index in [0.29, 0.717) is 0 Å². The van der Waals surface area contributed by atoms with Crippen LogP contribution in [0.4, 0.5) is 0 Å². The molecule has 0 aliphatic heterocycles. The predicted octanol–water partition coefficient (Wildman–Crippen LogP) is 4.18. The quantitative estimate of drug-likeness (QED) is 0.519. The summed E-state index contributed by atoms with van der Waals surface area (Å²) >= 11 is 0. The number of hydrogen-bond acceptors (Lipinski definition) is 1. The van der Waals surface area contributed by atoms with E-state index in [2.05, 4.69) is 39.6 Å². The van der Waals surface area contributed by atoms with Crippen LogP contribution in [0.25, 0.3) is 0 Å². The van der Waals surface area contributed by atoms with Crippen LogP contribution >= 0.6 is 0 Å². The van der Waals surface area contributed by atoms with E-state index in [-0.39, 0.29) is 0 Å². The second kappa shape index (κ2) is 9.21. The summed E-state index contributed by atoms with van der Waals surface area (Å²) in [6, 6.07) is 0. The molecule has 0 aromatic rings. The van der Waals surface area contributed by atoms with Gasteiger partial charge in [-0.25, -0.2) is 0 Å². The van der Waals surface area contributed by atoms with Gasteiger partial charge in [-0.1, -0.05) is 53.4 Å². The van der Waals surface area contributed by atoms with Gasteiger partial charge in [-0.15, -0.1) is 0 Å². The summed E-state index contributed by atoms with van der Waals surface area (Å²) in [6.45, 7) is 11.9. The van der Waals surface area contributed by atoms with E-state index in [9.17, 15) is 0 Å². The summed E-state index contributed by atoms with van der Waals surface area (Å²) in [7, 11) is 2.27. The molecule has 1 nitrogen and oxygen atoms in total. The molecule has 1 heteroatoms. The molecule has 0 rings (SSSR count). The summed E-state index contributed by atoms with van der Waals surface area (Å²) in [5.41, 5.74) is 0. The maximum atomic E-state index is 2.51. The first-order valence-corrected chi connectivity index (χ1v) is 6.80. The maximum absolute atomic E-state index is 2.51. The van der Waals surface area contributed by atoms with Crippen LogP contribution in [0.1, 0.15) is 59.8 Å². The van der Waals surface area contributed by atoms with Crippen LogP contribution in [0.15, 0.2) is 0 Å². The van der Waals surface area contributed by atoms with Gasteiger partial charge in [0, 0.05) is 6.54 Å². The highest BCUT2D eigenvalue weighted by Crippen LogP contribution is 2.15. The third kappa shape index (κ3) is 7.84. The van der Waals surface area contributed by atoms with Crippen LogP contribution in [-0.4, -0.2) is 25.0 Å². The Labute approximate surface area is 97.2 Å². The van der Waals surface area contributed by atoms with Gasteiger partial charge in [-0.05, 0) is 31.8 Å². The fourth-order valence-electron chi connectivity index (χ4n) is 1.97.